The summed E-state index contributed by atoms with van der Waals surface area (Å²) in [6.45, 7) is 7.77. The van der Waals surface area contributed by atoms with Crippen LogP contribution in [-0.2, 0) is 19.7 Å². The van der Waals surface area contributed by atoms with Crippen molar-refractivity contribution < 1.29 is 23.8 Å². The van der Waals surface area contributed by atoms with E-state index < -0.39 is 5.60 Å². The largest absolute Gasteiger partial charge is 0.497 e. The lowest BCUT2D eigenvalue weighted by Gasteiger charge is -2.59. The van der Waals surface area contributed by atoms with Crippen molar-refractivity contribution in [3.63, 3.8) is 0 Å². The number of carbonyl (C=O) groups excluding carboxylic acids is 2. The first-order valence-electron chi connectivity index (χ1n) is 13.1. The molecule has 0 unspecified atom stereocenters. The van der Waals surface area contributed by atoms with Crippen LogP contribution in [0.15, 0.2) is 67.3 Å². The summed E-state index contributed by atoms with van der Waals surface area (Å²) >= 11 is 0. The van der Waals surface area contributed by atoms with Crippen LogP contribution in [0.2, 0.25) is 0 Å². The molecule has 1 N–H and O–H groups in total. The quantitative estimate of drug-likeness (QED) is 0.228. The lowest BCUT2D eigenvalue weighted by molar-refractivity contribution is -0.149. The Bertz CT molecular complexity index is 1190. The number of likely N-dealkylation sites (tertiary alicyclic amines) is 1. The predicted octanol–water partition coefficient (Wildman–Crippen LogP) is 4.52. The number of methoxy groups -OCH3 is 2. The molecule has 0 aromatic heterocycles. The maximum atomic E-state index is 13.0. The number of piperidine rings is 1. The Balaban J connectivity index is 1.60. The highest BCUT2D eigenvalue weighted by Crippen LogP contribution is 2.53. The first-order chi connectivity index (χ1) is 18.3. The number of hydrogen-bond acceptors (Lipinski definition) is 6. The van der Waals surface area contributed by atoms with E-state index in [-0.39, 0.29) is 23.3 Å². The second kappa shape index (κ2) is 12.0. The van der Waals surface area contributed by atoms with Crippen LogP contribution in [0.4, 0.5) is 0 Å². The second-order valence-corrected chi connectivity index (χ2v) is 10.2. The Morgan fingerprint density at radius 2 is 1.92 bits per heavy atom. The monoisotopic (exact) mass is 518 g/mol. The van der Waals surface area contributed by atoms with Gasteiger partial charge in [0.05, 0.1) is 12.7 Å². The minimum atomic E-state index is -0.444. The zero-order valence-corrected chi connectivity index (χ0v) is 22.6. The van der Waals surface area contributed by atoms with E-state index in [9.17, 15) is 9.59 Å². The van der Waals surface area contributed by atoms with Crippen molar-refractivity contribution in [3.05, 3.63) is 78.4 Å². The maximum absolute atomic E-state index is 13.0. The third-order valence-electron chi connectivity index (χ3n) is 7.99. The first kappa shape index (κ1) is 27.6. The molecule has 2 aliphatic rings. The normalized spacial score (nSPS) is 25.4. The molecule has 0 radical (unpaired) electrons. The molecule has 0 spiro atoms. The van der Waals surface area contributed by atoms with Crippen LogP contribution in [0, 0.1) is 0 Å². The van der Waals surface area contributed by atoms with E-state index in [0.717, 1.165) is 62.2 Å². The molecule has 202 valence electrons. The Morgan fingerprint density at radius 1 is 1.13 bits per heavy atom. The molecule has 1 saturated heterocycles. The van der Waals surface area contributed by atoms with Gasteiger partial charge in [0.25, 0.3) is 0 Å². The SMILES string of the molecule is C=CCN1CC[C@@]2(c3cccc(OC(C)=O)c3)C[C@@H](NC(=O)C=Cc3cccc(OC)c3)CC[C@]2(OC)C1. The van der Waals surface area contributed by atoms with Gasteiger partial charge in [-0.1, -0.05) is 30.3 Å². The van der Waals surface area contributed by atoms with Crippen LogP contribution < -0.4 is 14.8 Å². The summed E-state index contributed by atoms with van der Waals surface area (Å²) in [5.41, 5.74) is 1.17. The van der Waals surface area contributed by atoms with Gasteiger partial charge in [0, 0.05) is 44.7 Å². The van der Waals surface area contributed by atoms with Gasteiger partial charge in [-0.05, 0) is 73.7 Å². The van der Waals surface area contributed by atoms with E-state index in [1.807, 2.05) is 42.5 Å². The summed E-state index contributed by atoms with van der Waals surface area (Å²) in [5, 5.41) is 3.24. The van der Waals surface area contributed by atoms with Crippen LogP contribution in [-0.4, -0.2) is 62.3 Å². The smallest absolute Gasteiger partial charge is 0.308 e. The van der Waals surface area contributed by atoms with Crippen LogP contribution in [0.5, 0.6) is 11.5 Å². The van der Waals surface area contributed by atoms with Gasteiger partial charge in [-0.15, -0.1) is 6.58 Å². The molecule has 2 fully saturated rings. The molecule has 1 aliphatic carbocycles. The van der Waals surface area contributed by atoms with Gasteiger partial charge in [-0.3, -0.25) is 14.5 Å². The standard InChI is InChI=1S/C31H38N2O5/c1-5-17-33-18-16-30(25-9-7-11-28(20-25)38-23(2)34)21-26(14-15-31(30,22-33)37-4)32-29(35)13-12-24-8-6-10-27(19-24)36-3/h5-13,19-20,26H,1,14-18,21-22H2,2-4H3,(H,32,35)/t26-,30-,31-/m0/s1. The highest BCUT2D eigenvalue weighted by molar-refractivity contribution is 5.92. The average Bonchev–Trinajstić information content (AvgIpc) is 2.92. The van der Waals surface area contributed by atoms with Gasteiger partial charge in [-0.25, -0.2) is 0 Å². The molecule has 1 heterocycles. The highest BCUT2D eigenvalue weighted by atomic mass is 16.5. The number of amides is 1. The summed E-state index contributed by atoms with van der Waals surface area (Å²) in [5.74, 6) is 0.789. The Hall–Kier alpha value is -3.42. The Kier molecular flexibility index (Phi) is 8.69. The fraction of sp³-hybridized carbons (Fsp3) is 0.419. The number of nitrogens with zero attached hydrogens (tertiary/aromatic N) is 1. The van der Waals surface area contributed by atoms with Crippen molar-refractivity contribution in [1.29, 1.82) is 0 Å². The lowest BCUT2D eigenvalue weighted by Crippen LogP contribution is -2.67. The summed E-state index contributed by atoms with van der Waals surface area (Å²) in [6, 6.07) is 15.4. The number of fused-ring (bicyclic) bond motifs is 1. The molecule has 0 bridgehead atoms. The fourth-order valence-electron chi connectivity index (χ4n) is 6.24. The number of benzene rings is 2. The van der Waals surface area contributed by atoms with Crippen molar-refractivity contribution in [3.8, 4) is 11.5 Å². The third-order valence-corrected chi connectivity index (χ3v) is 7.99. The second-order valence-electron chi connectivity index (χ2n) is 10.2. The first-order valence-corrected chi connectivity index (χ1v) is 13.1. The van der Waals surface area contributed by atoms with E-state index in [2.05, 4.69) is 22.9 Å². The number of carbonyl (C=O) groups is 2. The van der Waals surface area contributed by atoms with Crippen molar-refractivity contribution in [2.75, 3.05) is 33.9 Å². The minimum Gasteiger partial charge on any atom is -0.497 e. The van der Waals surface area contributed by atoms with Gasteiger partial charge >= 0.3 is 5.97 Å². The van der Waals surface area contributed by atoms with E-state index in [0.29, 0.717) is 5.75 Å². The topological polar surface area (TPSA) is 77.1 Å². The van der Waals surface area contributed by atoms with E-state index >= 15 is 0 Å². The van der Waals surface area contributed by atoms with Gasteiger partial charge in [-0.2, -0.15) is 0 Å². The summed E-state index contributed by atoms with van der Waals surface area (Å²) in [7, 11) is 3.41. The number of ether oxygens (including phenoxy) is 3. The summed E-state index contributed by atoms with van der Waals surface area (Å²) in [4.78, 5) is 27.0. The summed E-state index contributed by atoms with van der Waals surface area (Å²) < 4.78 is 17.1. The molecule has 3 atom stereocenters. The fourth-order valence-corrected chi connectivity index (χ4v) is 6.24. The van der Waals surface area contributed by atoms with Gasteiger partial charge in [0.1, 0.15) is 11.5 Å². The van der Waals surface area contributed by atoms with Crippen molar-refractivity contribution >= 4 is 18.0 Å². The zero-order chi connectivity index (χ0) is 27.2. The van der Waals surface area contributed by atoms with E-state index in [4.69, 9.17) is 14.2 Å². The van der Waals surface area contributed by atoms with Crippen LogP contribution in [0.1, 0.15) is 43.7 Å². The van der Waals surface area contributed by atoms with Crippen molar-refractivity contribution in [2.45, 2.75) is 49.7 Å². The predicted molar refractivity (Wildman–Crippen MR) is 148 cm³/mol. The maximum Gasteiger partial charge on any atom is 0.308 e. The van der Waals surface area contributed by atoms with Gasteiger partial charge in [0.2, 0.25) is 5.91 Å². The van der Waals surface area contributed by atoms with E-state index in [1.54, 1.807) is 32.4 Å². The summed E-state index contributed by atoms with van der Waals surface area (Å²) in [6.07, 6.45) is 8.48. The Morgan fingerprint density at radius 3 is 2.66 bits per heavy atom. The van der Waals surface area contributed by atoms with Crippen LogP contribution in [0.25, 0.3) is 6.08 Å². The molecule has 7 nitrogen and oxygen atoms in total. The minimum absolute atomic E-state index is 0.0240. The van der Waals surface area contributed by atoms with E-state index in [1.165, 1.54) is 6.92 Å². The van der Waals surface area contributed by atoms with Crippen LogP contribution >= 0.6 is 0 Å². The zero-order valence-electron chi connectivity index (χ0n) is 22.6. The van der Waals surface area contributed by atoms with Gasteiger partial charge in [0.15, 0.2) is 0 Å². The number of hydrogen-bond donors (Lipinski definition) is 1. The molecular formula is C31H38N2O5. The molecular weight excluding hydrogens is 480 g/mol. The number of esters is 1. The van der Waals surface area contributed by atoms with Crippen molar-refractivity contribution in [2.24, 2.45) is 0 Å². The molecule has 2 aromatic carbocycles. The number of nitrogens with one attached hydrogen (secondary N) is 1. The third kappa shape index (κ3) is 5.84. The molecule has 2 aromatic rings. The molecule has 1 amide bonds. The van der Waals surface area contributed by atoms with Gasteiger partial charge < -0.3 is 19.5 Å². The highest BCUT2D eigenvalue weighted by Gasteiger charge is 2.58. The molecule has 1 aliphatic heterocycles. The molecule has 7 heteroatoms. The lowest BCUT2D eigenvalue weighted by atomic mass is 9.55. The Labute approximate surface area is 225 Å². The molecule has 4 rings (SSSR count). The van der Waals surface area contributed by atoms with Crippen LogP contribution in [0.3, 0.4) is 0 Å². The van der Waals surface area contributed by atoms with Crippen molar-refractivity contribution in [1.82, 2.24) is 10.2 Å². The molecule has 1 saturated carbocycles. The molecule has 38 heavy (non-hydrogen) atoms. The number of rotatable bonds is 9. The average molecular weight is 519 g/mol.